The number of hydrogen-bond acceptors (Lipinski definition) is 3. The van der Waals surface area contributed by atoms with E-state index in [4.69, 9.17) is 27.6 Å². The molecule has 1 aliphatic carbocycles. The van der Waals surface area contributed by atoms with Crippen molar-refractivity contribution in [2.75, 3.05) is 0 Å². The van der Waals surface area contributed by atoms with E-state index in [1.54, 1.807) is 6.07 Å². The molecule has 94 valence electrons. The maximum atomic E-state index is 6.19. The quantitative estimate of drug-likeness (QED) is 0.924. The molecular weight excluding hydrogens is 271 g/mol. The van der Waals surface area contributed by atoms with Crippen LogP contribution in [-0.4, -0.2) is 11.0 Å². The Labute approximate surface area is 115 Å². The number of benzene rings is 1. The van der Waals surface area contributed by atoms with Gasteiger partial charge in [0.15, 0.2) is 12.2 Å². The smallest absolute Gasteiger partial charge is 0.181 e. The Hall–Kier alpha value is -1.03. The number of nitrogens with zero attached hydrogens (tertiary/aromatic N) is 1. The van der Waals surface area contributed by atoms with Gasteiger partial charge >= 0.3 is 0 Å². The molecule has 1 aromatic heterocycles. The molecule has 0 saturated heterocycles. The number of rotatable bonds is 4. The van der Waals surface area contributed by atoms with Crippen molar-refractivity contribution in [2.24, 2.45) is 0 Å². The van der Waals surface area contributed by atoms with E-state index in [0.29, 0.717) is 28.4 Å². The maximum Gasteiger partial charge on any atom is 0.181 e. The first kappa shape index (κ1) is 12.0. The highest BCUT2D eigenvalue weighted by Crippen LogP contribution is 2.35. The number of hydrogen-bond donors (Lipinski definition) is 1. The Morgan fingerprint density at radius 1 is 1.33 bits per heavy atom. The molecule has 0 unspecified atom stereocenters. The molecule has 1 aliphatic rings. The first-order valence-corrected chi connectivity index (χ1v) is 6.61. The second kappa shape index (κ2) is 4.92. The molecule has 1 heterocycles. The number of aromatic nitrogens is 1. The van der Waals surface area contributed by atoms with Crippen LogP contribution in [0.2, 0.25) is 10.0 Å². The lowest BCUT2D eigenvalue weighted by molar-refractivity contribution is 0.569. The molecule has 2 aromatic rings. The minimum atomic E-state index is 0.503. The van der Waals surface area contributed by atoms with Gasteiger partial charge in [-0.1, -0.05) is 29.3 Å². The molecule has 0 spiro atoms. The lowest BCUT2D eigenvalue weighted by atomic mass is 10.1. The lowest BCUT2D eigenvalue weighted by Gasteiger charge is -2.05. The van der Waals surface area contributed by atoms with Crippen molar-refractivity contribution in [1.82, 2.24) is 10.3 Å². The van der Waals surface area contributed by atoms with Crippen molar-refractivity contribution < 1.29 is 4.42 Å². The van der Waals surface area contributed by atoms with E-state index in [2.05, 4.69) is 10.3 Å². The van der Waals surface area contributed by atoms with Gasteiger partial charge in [0.05, 0.1) is 10.0 Å². The molecule has 3 rings (SSSR count). The van der Waals surface area contributed by atoms with Crippen molar-refractivity contribution in [3.05, 3.63) is 40.3 Å². The van der Waals surface area contributed by atoms with Crippen LogP contribution in [0.4, 0.5) is 0 Å². The minimum absolute atomic E-state index is 0.503. The predicted octanol–water partition coefficient (Wildman–Crippen LogP) is 3.90. The number of halogens is 2. The summed E-state index contributed by atoms with van der Waals surface area (Å²) in [6.07, 6.45) is 3.92. The molecule has 0 amide bonds. The summed E-state index contributed by atoms with van der Waals surface area (Å²) in [6.45, 7) is 0.694. The van der Waals surface area contributed by atoms with E-state index in [1.807, 2.05) is 12.1 Å². The van der Waals surface area contributed by atoms with E-state index >= 15 is 0 Å². The van der Waals surface area contributed by atoms with Crippen LogP contribution >= 0.6 is 23.2 Å². The van der Waals surface area contributed by atoms with Gasteiger partial charge in [-0.2, -0.15) is 0 Å². The van der Waals surface area contributed by atoms with Crippen LogP contribution in [0, 0.1) is 0 Å². The molecular formula is C13H12Cl2N2O. The van der Waals surface area contributed by atoms with Crippen LogP contribution in [0.1, 0.15) is 18.5 Å². The molecule has 3 nitrogen and oxygen atoms in total. The van der Waals surface area contributed by atoms with Gasteiger partial charge in [0.2, 0.25) is 0 Å². The summed E-state index contributed by atoms with van der Waals surface area (Å²) in [6, 6.07) is 6.12. The van der Waals surface area contributed by atoms with Gasteiger partial charge in [0.1, 0.15) is 5.69 Å². The van der Waals surface area contributed by atoms with Crippen LogP contribution in [0.25, 0.3) is 11.3 Å². The Balaban J connectivity index is 1.90. The Morgan fingerprint density at radius 2 is 2.17 bits per heavy atom. The fourth-order valence-corrected chi connectivity index (χ4v) is 2.21. The zero-order valence-electron chi connectivity index (χ0n) is 9.62. The summed E-state index contributed by atoms with van der Waals surface area (Å²) >= 11 is 12.2. The van der Waals surface area contributed by atoms with Crippen LogP contribution in [0.5, 0.6) is 0 Å². The summed E-state index contributed by atoms with van der Waals surface area (Å²) in [5.74, 6) is 0.690. The highest BCUT2D eigenvalue weighted by atomic mass is 35.5. The Kier molecular flexibility index (Phi) is 3.29. The third kappa shape index (κ3) is 2.39. The third-order valence-corrected chi connectivity index (χ3v) is 3.79. The van der Waals surface area contributed by atoms with E-state index in [9.17, 15) is 0 Å². The van der Waals surface area contributed by atoms with Gasteiger partial charge in [0, 0.05) is 18.2 Å². The molecule has 18 heavy (non-hydrogen) atoms. The molecule has 5 heteroatoms. The van der Waals surface area contributed by atoms with Crippen LogP contribution < -0.4 is 5.32 Å². The summed E-state index contributed by atoms with van der Waals surface area (Å²) in [5, 5.41) is 4.43. The van der Waals surface area contributed by atoms with Crippen molar-refractivity contribution in [1.29, 1.82) is 0 Å². The fourth-order valence-electron chi connectivity index (χ4n) is 1.82. The molecule has 0 radical (unpaired) electrons. The molecule has 1 aromatic carbocycles. The average molecular weight is 283 g/mol. The van der Waals surface area contributed by atoms with E-state index in [0.717, 1.165) is 11.3 Å². The first-order valence-electron chi connectivity index (χ1n) is 5.86. The Morgan fingerprint density at radius 3 is 2.94 bits per heavy atom. The average Bonchev–Trinajstić information content (AvgIpc) is 3.08. The normalized spacial score (nSPS) is 15.0. The summed E-state index contributed by atoms with van der Waals surface area (Å²) in [7, 11) is 0. The molecule has 1 fully saturated rings. The second-order valence-electron chi connectivity index (χ2n) is 4.38. The molecule has 0 atom stereocenters. The van der Waals surface area contributed by atoms with Crippen LogP contribution in [-0.2, 0) is 6.54 Å². The first-order chi connectivity index (χ1) is 8.75. The SMILES string of the molecule is Clc1cccc(-c2ocnc2CNC2CC2)c1Cl. The van der Waals surface area contributed by atoms with Crippen LogP contribution in [0.3, 0.4) is 0 Å². The second-order valence-corrected chi connectivity index (χ2v) is 5.17. The largest absolute Gasteiger partial charge is 0.443 e. The summed E-state index contributed by atoms with van der Waals surface area (Å²) < 4.78 is 5.45. The van der Waals surface area contributed by atoms with Gasteiger partial charge in [-0.25, -0.2) is 4.98 Å². The molecule has 0 aliphatic heterocycles. The van der Waals surface area contributed by atoms with E-state index in [-0.39, 0.29) is 0 Å². The van der Waals surface area contributed by atoms with Gasteiger partial charge in [0.25, 0.3) is 0 Å². The third-order valence-electron chi connectivity index (χ3n) is 2.97. The lowest BCUT2D eigenvalue weighted by Crippen LogP contribution is -2.16. The van der Waals surface area contributed by atoms with Crippen molar-refractivity contribution >= 4 is 23.2 Å². The van der Waals surface area contributed by atoms with Gasteiger partial charge in [-0.15, -0.1) is 0 Å². The van der Waals surface area contributed by atoms with E-state index < -0.39 is 0 Å². The maximum absolute atomic E-state index is 6.19. The monoisotopic (exact) mass is 282 g/mol. The predicted molar refractivity (Wildman–Crippen MR) is 71.8 cm³/mol. The molecule has 1 N–H and O–H groups in total. The van der Waals surface area contributed by atoms with Gasteiger partial charge < -0.3 is 9.73 Å². The summed E-state index contributed by atoms with van der Waals surface area (Å²) in [5.41, 5.74) is 1.65. The highest BCUT2D eigenvalue weighted by Gasteiger charge is 2.22. The van der Waals surface area contributed by atoms with Gasteiger partial charge in [-0.3, -0.25) is 0 Å². The van der Waals surface area contributed by atoms with Crippen molar-refractivity contribution in [3.8, 4) is 11.3 Å². The topological polar surface area (TPSA) is 38.1 Å². The van der Waals surface area contributed by atoms with E-state index in [1.165, 1.54) is 19.2 Å². The molecule has 1 saturated carbocycles. The van der Waals surface area contributed by atoms with Crippen LogP contribution in [0.15, 0.2) is 29.0 Å². The standard InChI is InChI=1S/C13H12Cl2N2O/c14-10-3-1-2-9(12(10)15)13-11(17-7-18-13)6-16-8-4-5-8/h1-3,7-8,16H,4-6H2. The minimum Gasteiger partial charge on any atom is -0.443 e. The Bertz CT molecular complexity index is 564. The zero-order chi connectivity index (χ0) is 12.5. The van der Waals surface area contributed by atoms with Crippen molar-refractivity contribution in [2.45, 2.75) is 25.4 Å². The number of nitrogens with one attached hydrogen (secondary N) is 1. The number of oxazole rings is 1. The fraction of sp³-hybridized carbons (Fsp3) is 0.308. The van der Waals surface area contributed by atoms with Crippen molar-refractivity contribution in [3.63, 3.8) is 0 Å². The molecule has 0 bridgehead atoms. The van der Waals surface area contributed by atoms with Gasteiger partial charge in [-0.05, 0) is 25.0 Å². The zero-order valence-corrected chi connectivity index (χ0v) is 11.1. The summed E-state index contributed by atoms with van der Waals surface area (Å²) in [4.78, 5) is 4.23. The highest BCUT2D eigenvalue weighted by molar-refractivity contribution is 6.43.